The Hall–Kier alpha value is -2.45. The Morgan fingerprint density at radius 2 is 1.90 bits per heavy atom. The molecular weight excluding hydrogens is 410 g/mol. The van der Waals surface area contributed by atoms with Crippen molar-refractivity contribution >= 4 is 27.0 Å². The zero-order valence-electron chi connectivity index (χ0n) is 18.0. The van der Waals surface area contributed by atoms with Crippen molar-refractivity contribution in [3.8, 4) is 11.1 Å². The number of nitrogens with one attached hydrogen (secondary N) is 1. The average molecular weight is 442 g/mol. The number of anilines is 1. The van der Waals surface area contributed by atoms with Gasteiger partial charge in [-0.05, 0) is 42.9 Å². The van der Waals surface area contributed by atoms with E-state index in [-0.39, 0.29) is 4.90 Å². The predicted molar refractivity (Wildman–Crippen MR) is 124 cm³/mol. The van der Waals surface area contributed by atoms with E-state index in [9.17, 15) is 8.42 Å². The van der Waals surface area contributed by atoms with Gasteiger partial charge in [-0.3, -0.25) is 0 Å². The number of fused-ring (bicyclic) bond motifs is 1. The number of rotatable bonds is 8. The summed E-state index contributed by atoms with van der Waals surface area (Å²) in [6, 6.07) is 6.70. The fourth-order valence-electron chi connectivity index (χ4n) is 4.37. The van der Waals surface area contributed by atoms with Crippen molar-refractivity contribution in [2.24, 2.45) is 11.1 Å². The van der Waals surface area contributed by atoms with Gasteiger partial charge in [0.05, 0.1) is 4.90 Å². The van der Waals surface area contributed by atoms with Gasteiger partial charge in [0.1, 0.15) is 5.65 Å². The lowest BCUT2D eigenvalue weighted by molar-refractivity contribution is 0.322. The van der Waals surface area contributed by atoms with Crippen molar-refractivity contribution in [2.45, 2.75) is 63.3 Å². The van der Waals surface area contributed by atoms with Gasteiger partial charge in [0.25, 0.3) is 0 Å². The average Bonchev–Trinajstić information content (AvgIpc) is 3.12. The summed E-state index contributed by atoms with van der Waals surface area (Å²) in [4.78, 5) is 9.48. The summed E-state index contributed by atoms with van der Waals surface area (Å²) >= 11 is 0. The molecule has 0 unspecified atom stereocenters. The van der Waals surface area contributed by atoms with E-state index in [1.807, 2.05) is 6.20 Å². The summed E-state index contributed by atoms with van der Waals surface area (Å²) in [6.45, 7) is 3.96. The molecule has 166 valence electrons. The van der Waals surface area contributed by atoms with Gasteiger partial charge >= 0.3 is 0 Å². The van der Waals surface area contributed by atoms with Gasteiger partial charge in [-0.1, -0.05) is 44.7 Å². The Bertz CT molecular complexity index is 1130. The molecule has 0 spiro atoms. The molecule has 0 saturated heterocycles. The highest BCUT2D eigenvalue weighted by Gasteiger charge is 2.19. The topological polar surface area (TPSA) is 103 Å². The summed E-state index contributed by atoms with van der Waals surface area (Å²) in [6.07, 6.45) is 12.6. The smallest absolute Gasteiger partial charge is 0.238 e. The molecule has 0 radical (unpaired) electrons. The quantitative estimate of drug-likeness (QED) is 0.500. The van der Waals surface area contributed by atoms with E-state index in [1.165, 1.54) is 32.1 Å². The number of nitrogens with zero attached hydrogens (tertiary/aromatic N) is 3. The van der Waals surface area contributed by atoms with Crippen LogP contribution in [-0.2, 0) is 16.6 Å². The van der Waals surface area contributed by atoms with Crippen LogP contribution in [0, 0.1) is 5.92 Å². The summed E-state index contributed by atoms with van der Waals surface area (Å²) in [7, 11) is -3.71. The van der Waals surface area contributed by atoms with E-state index in [0.717, 1.165) is 48.1 Å². The predicted octanol–water partition coefficient (Wildman–Crippen LogP) is 4.54. The molecule has 1 aromatic carbocycles. The van der Waals surface area contributed by atoms with Crippen LogP contribution in [0.2, 0.25) is 0 Å². The third kappa shape index (κ3) is 5.07. The molecular formula is C23H31N5O2S. The molecule has 1 aliphatic rings. The molecule has 1 fully saturated rings. The van der Waals surface area contributed by atoms with Gasteiger partial charge in [0.2, 0.25) is 16.0 Å². The fraction of sp³-hybridized carbons (Fsp3) is 0.478. The van der Waals surface area contributed by atoms with Crippen LogP contribution in [-0.4, -0.2) is 29.5 Å². The first-order valence-corrected chi connectivity index (χ1v) is 12.7. The van der Waals surface area contributed by atoms with Crippen molar-refractivity contribution in [1.29, 1.82) is 0 Å². The fourth-order valence-corrected chi connectivity index (χ4v) is 4.89. The highest BCUT2D eigenvalue weighted by molar-refractivity contribution is 7.89. The highest BCUT2D eigenvalue weighted by Crippen LogP contribution is 2.33. The lowest BCUT2D eigenvalue weighted by Gasteiger charge is -2.22. The largest absolute Gasteiger partial charge is 0.354 e. The first kappa shape index (κ1) is 21.8. The standard InChI is InChI=1S/C23H31N5O2S/c1-2-3-13-25-23-26-14-20-21(18-9-11-19(12-10-18)31(24,29)30)16-28(22(20)27-23)15-17-7-5-4-6-8-17/h9-12,14,16-17H,2-8,13,15H2,1H3,(H2,24,29,30)(H,25,26,27). The van der Waals surface area contributed by atoms with Crippen molar-refractivity contribution in [1.82, 2.24) is 14.5 Å². The van der Waals surface area contributed by atoms with Gasteiger partial charge in [-0.2, -0.15) is 4.98 Å². The van der Waals surface area contributed by atoms with Gasteiger partial charge in [0.15, 0.2) is 0 Å². The summed E-state index contributed by atoms with van der Waals surface area (Å²) in [5.74, 6) is 1.31. The number of hydrogen-bond acceptors (Lipinski definition) is 5. The third-order valence-corrected chi connectivity index (χ3v) is 7.03. The maximum Gasteiger partial charge on any atom is 0.238 e. The van der Waals surface area contributed by atoms with Crippen LogP contribution in [0.4, 0.5) is 5.95 Å². The number of nitrogens with two attached hydrogens (primary N) is 1. The second kappa shape index (κ2) is 9.36. The Morgan fingerprint density at radius 3 is 2.58 bits per heavy atom. The van der Waals surface area contributed by atoms with Gasteiger partial charge in [0, 0.05) is 36.4 Å². The normalized spacial score (nSPS) is 15.4. The van der Waals surface area contributed by atoms with E-state index in [4.69, 9.17) is 10.1 Å². The van der Waals surface area contributed by atoms with Gasteiger partial charge < -0.3 is 9.88 Å². The zero-order valence-corrected chi connectivity index (χ0v) is 18.9. The van der Waals surface area contributed by atoms with E-state index in [1.54, 1.807) is 24.3 Å². The monoisotopic (exact) mass is 441 g/mol. The summed E-state index contributed by atoms with van der Waals surface area (Å²) in [5, 5.41) is 9.55. The third-order valence-electron chi connectivity index (χ3n) is 6.10. The number of primary sulfonamides is 1. The van der Waals surface area contributed by atoms with Gasteiger partial charge in [-0.25, -0.2) is 18.5 Å². The lowest BCUT2D eigenvalue weighted by Crippen LogP contribution is -2.14. The van der Waals surface area contributed by atoms with Crippen LogP contribution in [0.5, 0.6) is 0 Å². The van der Waals surface area contributed by atoms with Crippen molar-refractivity contribution < 1.29 is 8.42 Å². The minimum atomic E-state index is -3.71. The number of sulfonamides is 1. The van der Waals surface area contributed by atoms with E-state index < -0.39 is 10.0 Å². The molecule has 7 nitrogen and oxygen atoms in total. The molecule has 3 N–H and O–H groups in total. The summed E-state index contributed by atoms with van der Waals surface area (Å²) in [5.41, 5.74) is 2.85. The molecule has 0 aliphatic heterocycles. The molecule has 2 heterocycles. The molecule has 2 aromatic heterocycles. The van der Waals surface area contributed by atoms with Crippen LogP contribution in [0.3, 0.4) is 0 Å². The Balaban J connectivity index is 1.72. The van der Waals surface area contributed by atoms with Crippen LogP contribution < -0.4 is 10.5 Å². The lowest BCUT2D eigenvalue weighted by atomic mass is 9.89. The molecule has 4 rings (SSSR count). The minimum absolute atomic E-state index is 0.112. The first-order chi connectivity index (χ1) is 15.0. The maximum absolute atomic E-state index is 11.6. The van der Waals surface area contributed by atoms with E-state index >= 15 is 0 Å². The van der Waals surface area contributed by atoms with E-state index in [2.05, 4.69) is 28.0 Å². The molecule has 1 saturated carbocycles. The van der Waals surface area contributed by atoms with E-state index in [0.29, 0.717) is 11.9 Å². The zero-order chi connectivity index (χ0) is 21.8. The van der Waals surface area contributed by atoms with Crippen molar-refractivity contribution in [3.63, 3.8) is 0 Å². The van der Waals surface area contributed by atoms with Crippen molar-refractivity contribution in [3.05, 3.63) is 36.7 Å². The Labute approximate surface area is 184 Å². The number of unbranched alkanes of at least 4 members (excludes halogenated alkanes) is 1. The van der Waals surface area contributed by atoms with Gasteiger partial charge in [-0.15, -0.1) is 0 Å². The molecule has 0 atom stereocenters. The Morgan fingerprint density at radius 1 is 1.16 bits per heavy atom. The maximum atomic E-state index is 11.6. The summed E-state index contributed by atoms with van der Waals surface area (Å²) < 4.78 is 25.5. The SMILES string of the molecule is CCCCNc1ncc2c(-c3ccc(S(N)(=O)=O)cc3)cn(CC3CCCCC3)c2n1. The van der Waals surface area contributed by atoms with Crippen LogP contribution in [0.15, 0.2) is 41.6 Å². The molecule has 0 bridgehead atoms. The van der Waals surface area contributed by atoms with Crippen LogP contribution in [0.1, 0.15) is 51.9 Å². The highest BCUT2D eigenvalue weighted by atomic mass is 32.2. The number of aromatic nitrogens is 3. The Kier molecular flexibility index (Phi) is 6.57. The molecule has 0 amide bonds. The second-order valence-corrected chi connectivity index (χ2v) is 10.0. The molecule has 8 heteroatoms. The van der Waals surface area contributed by atoms with Crippen LogP contribution >= 0.6 is 0 Å². The molecule has 3 aromatic rings. The first-order valence-electron chi connectivity index (χ1n) is 11.2. The molecule has 31 heavy (non-hydrogen) atoms. The minimum Gasteiger partial charge on any atom is -0.354 e. The molecule has 1 aliphatic carbocycles. The van der Waals surface area contributed by atoms with Crippen molar-refractivity contribution in [2.75, 3.05) is 11.9 Å². The number of benzene rings is 1. The number of hydrogen-bond donors (Lipinski definition) is 2. The second-order valence-electron chi connectivity index (χ2n) is 8.48. The van der Waals surface area contributed by atoms with Crippen LogP contribution in [0.25, 0.3) is 22.2 Å².